The fraction of sp³-hybridized carbons (Fsp3) is 0.846. The van der Waals surface area contributed by atoms with Gasteiger partial charge in [-0.3, -0.25) is 9.69 Å². The van der Waals surface area contributed by atoms with Crippen LogP contribution in [0.15, 0.2) is 0 Å². The lowest BCUT2D eigenvalue weighted by atomic mass is 9.87. The van der Waals surface area contributed by atoms with Crippen LogP contribution in [0.5, 0.6) is 0 Å². The Morgan fingerprint density at radius 2 is 2.00 bits per heavy atom. The maximum atomic E-state index is 12.2. The summed E-state index contributed by atoms with van der Waals surface area (Å²) in [6.45, 7) is 6.85. The Bertz CT molecular complexity index is 362. The van der Waals surface area contributed by atoms with E-state index in [1.807, 2.05) is 20.8 Å². The Morgan fingerprint density at radius 1 is 1.33 bits per heavy atom. The van der Waals surface area contributed by atoms with Crippen molar-refractivity contribution in [2.45, 2.75) is 57.6 Å². The summed E-state index contributed by atoms with van der Waals surface area (Å²) in [7, 11) is 0. The molecular formula is C13H22N2O3. The van der Waals surface area contributed by atoms with Gasteiger partial charge in [0, 0.05) is 13.1 Å². The lowest BCUT2D eigenvalue weighted by Crippen LogP contribution is -2.60. The quantitative estimate of drug-likeness (QED) is 0.715. The molecule has 2 aliphatic heterocycles. The second kappa shape index (κ2) is 4.44. The molecule has 0 unspecified atom stereocenters. The van der Waals surface area contributed by atoms with Gasteiger partial charge in [0.25, 0.3) is 0 Å². The van der Waals surface area contributed by atoms with Gasteiger partial charge in [-0.1, -0.05) is 0 Å². The first-order valence-corrected chi connectivity index (χ1v) is 6.64. The van der Waals surface area contributed by atoms with Crippen molar-refractivity contribution in [2.75, 3.05) is 13.1 Å². The topological polar surface area (TPSA) is 58.6 Å². The fourth-order valence-electron chi connectivity index (χ4n) is 2.82. The molecule has 2 aliphatic rings. The number of amides is 2. The minimum Gasteiger partial charge on any atom is -0.444 e. The van der Waals surface area contributed by atoms with Crippen LogP contribution in [0.1, 0.15) is 46.5 Å². The number of ether oxygens (including phenoxy) is 1. The monoisotopic (exact) mass is 254 g/mol. The number of rotatable bonds is 0. The van der Waals surface area contributed by atoms with E-state index in [0.717, 1.165) is 25.7 Å². The molecule has 0 aromatic carbocycles. The molecule has 1 N–H and O–H groups in total. The summed E-state index contributed by atoms with van der Waals surface area (Å²) < 4.78 is 5.40. The zero-order chi connectivity index (χ0) is 13.4. The maximum absolute atomic E-state index is 12.2. The molecule has 5 heteroatoms. The summed E-state index contributed by atoms with van der Waals surface area (Å²) in [5.74, 6) is -0.0166. The van der Waals surface area contributed by atoms with Crippen LogP contribution in [0, 0.1) is 0 Å². The van der Waals surface area contributed by atoms with Gasteiger partial charge in [-0.2, -0.15) is 0 Å². The molecule has 2 fully saturated rings. The maximum Gasteiger partial charge on any atom is 0.411 e. The van der Waals surface area contributed by atoms with Crippen LogP contribution < -0.4 is 5.32 Å². The summed E-state index contributed by atoms with van der Waals surface area (Å²) in [5.41, 5.74) is -1.17. The van der Waals surface area contributed by atoms with E-state index >= 15 is 0 Å². The number of carbonyl (C=O) groups excluding carboxylic acids is 2. The van der Waals surface area contributed by atoms with E-state index in [2.05, 4.69) is 5.32 Å². The molecule has 5 nitrogen and oxygen atoms in total. The van der Waals surface area contributed by atoms with Gasteiger partial charge in [0.15, 0.2) is 0 Å². The van der Waals surface area contributed by atoms with Crippen LogP contribution in [0.4, 0.5) is 4.79 Å². The summed E-state index contributed by atoms with van der Waals surface area (Å²) in [4.78, 5) is 26.0. The SMILES string of the molecule is CC(C)(C)OC(=O)N1CCC[C@]12CCCNC2=O. The van der Waals surface area contributed by atoms with Crippen molar-refractivity contribution in [2.24, 2.45) is 0 Å². The highest BCUT2D eigenvalue weighted by Crippen LogP contribution is 2.36. The number of piperidine rings is 1. The van der Waals surface area contributed by atoms with Crippen molar-refractivity contribution in [3.05, 3.63) is 0 Å². The summed E-state index contributed by atoms with van der Waals surface area (Å²) in [6, 6.07) is 0. The summed E-state index contributed by atoms with van der Waals surface area (Å²) in [5, 5.41) is 2.87. The van der Waals surface area contributed by atoms with Gasteiger partial charge in [0.2, 0.25) is 5.91 Å². The molecule has 102 valence electrons. The average Bonchev–Trinajstić information content (AvgIpc) is 2.65. The van der Waals surface area contributed by atoms with Gasteiger partial charge in [-0.25, -0.2) is 4.79 Å². The normalized spacial score (nSPS) is 28.4. The van der Waals surface area contributed by atoms with Gasteiger partial charge in [-0.05, 0) is 46.5 Å². The Morgan fingerprint density at radius 3 is 2.61 bits per heavy atom. The first-order valence-electron chi connectivity index (χ1n) is 6.64. The third kappa shape index (κ3) is 2.31. The van der Waals surface area contributed by atoms with Crippen molar-refractivity contribution in [3.63, 3.8) is 0 Å². The minimum atomic E-state index is -0.652. The number of likely N-dealkylation sites (tertiary alicyclic amines) is 1. The van der Waals surface area contributed by atoms with Crippen LogP contribution in [-0.2, 0) is 9.53 Å². The Kier molecular flexibility index (Phi) is 3.25. The summed E-state index contributed by atoms with van der Waals surface area (Å²) >= 11 is 0. The molecule has 1 spiro atoms. The standard InChI is InChI=1S/C13H22N2O3/c1-12(2,3)18-11(17)15-9-5-7-13(15)6-4-8-14-10(13)16/h4-9H2,1-3H3,(H,14,16)/t13-/m0/s1. The Balaban J connectivity index is 2.16. The van der Waals surface area contributed by atoms with Gasteiger partial charge in [0.05, 0.1) is 0 Å². The molecule has 0 aromatic rings. The number of hydrogen-bond acceptors (Lipinski definition) is 3. The van der Waals surface area contributed by atoms with E-state index in [-0.39, 0.29) is 12.0 Å². The van der Waals surface area contributed by atoms with E-state index < -0.39 is 11.1 Å². The first-order chi connectivity index (χ1) is 8.35. The van der Waals surface area contributed by atoms with E-state index in [0.29, 0.717) is 13.1 Å². The lowest BCUT2D eigenvalue weighted by Gasteiger charge is -2.40. The molecular weight excluding hydrogens is 232 g/mol. The average molecular weight is 254 g/mol. The second-order valence-corrected chi connectivity index (χ2v) is 6.13. The molecule has 0 aromatic heterocycles. The number of nitrogens with one attached hydrogen (secondary N) is 1. The highest BCUT2D eigenvalue weighted by molar-refractivity contribution is 5.91. The Labute approximate surface area is 108 Å². The zero-order valence-corrected chi connectivity index (χ0v) is 11.4. The van der Waals surface area contributed by atoms with Gasteiger partial charge in [0.1, 0.15) is 11.1 Å². The molecule has 0 saturated carbocycles. The molecule has 1 atom stereocenters. The highest BCUT2D eigenvalue weighted by atomic mass is 16.6. The lowest BCUT2D eigenvalue weighted by molar-refractivity contribution is -0.134. The summed E-state index contributed by atoms with van der Waals surface area (Å²) in [6.07, 6.45) is 2.92. The third-order valence-corrected chi connectivity index (χ3v) is 3.58. The van der Waals surface area contributed by atoms with Crippen LogP contribution in [-0.4, -0.2) is 41.1 Å². The predicted molar refractivity (Wildman–Crippen MR) is 67.1 cm³/mol. The van der Waals surface area contributed by atoms with Crippen molar-refractivity contribution < 1.29 is 14.3 Å². The number of hydrogen-bond donors (Lipinski definition) is 1. The predicted octanol–water partition coefficient (Wildman–Crippen LogP) is 1.67. The number of nitrogens with zero attached hydrogens (tertiary/aromatic N) is 1. The van der Waals surface area contributed by atoms with E-state index in [9.17, 15) is 9.59 Å². The van der Waals surface area contributed by atoms with Crippen LogP contribution in [0.2, 0.25) is 0 Å². The number of carbonyl (C=O) groups is 2. The second-order valence-electron chi connectivity index (χ2n) is 6.13. The molecule has 2 saturated heterocycles. The van der Waals surface area contributed by atoms with Crippen molar-refractivity contribution in [1.82, 2.24) is 10.2 Å². The minimum absolute atomic E-state index is 0.0166. The van der Waals surface area contributed by atoms with Gasteiger partial charge in [-0.15, -0.1) is 0 Å². The molecule has 0 radical (unpaired) electrons. The first kappa shape index (κ1) is 13.2. The van der Waals surface area contributed by atoms with E-state index in [1.165, 1.54) is 0 Å². The largest absolute Gasteiger partial charge is 0.444 e. The van der Waals surface area contributed by atoms with Gasteiger partial charge >= 0.3 is 6.09 Å². The van der Waals surface area contributed by atoms with Crippen LogP contribution in [0.25, 0.3) is 0 Å². The van der Waals surface area contributed by atoms with Crippen molar-refractivity contribution >= 4 is 12.0 Å². The molecule has 2 heterocycles. The fourth-order valence-corrected chi connectivity index (χ4v) is 2.82. The Hall–Kier alpha value is -1.26. The molecule has 0 aliphatic carbocycles. The molecule has 2 amide bonds. The third-order valence-electron chi connectivity index (χ3n) is 3.58. The van der Waals surface area contributed by atoms with E-state index in [1.54, 1.807) is 4.90 Å². The van der Waals surface area contributed by atoms with Crippen LogP contribution in [0.3, 0.4) is 0 Å². The van der Waals surface area contributed by atoms with Crippen molar-refractivity contribution in [1.29, 1.82) is 0 Å². The van der Waals surface area contributed by atoms with Gasteiger partial charge < -0.3 is 10.1 Å². The smallest absolute Gasteiger partial charge is 0.411 e. The van der Waals surface area contributed by atoms with Crippen LogP contribution >= 0.6 is 0 Å². The zero-order valence-electron chi connectivity index (χ0n) is 11.4. The van der Waals surface area contributed by atoms with E-state index in [4.69, 9.17) is 4.74 Å². The highest BCUT2D eigenvalue weighted by Gasteiger charge is 2.51. The van der Waals surface area contributed by atoms with Crippen molar-refractivity contribution in [3.8, 4) is 0 Å². The molecule has 0 bridgehead atoms. The molecule has 18 heavy (non-hydrogen) atoms. The molecule has 2 rings (SSSR count).